The molecule has 0 N–H and O–H groups in total. The van der Waals surface area contributed by atoms with Crippen LogP contribution in [-0.2, 0) is 15.0 Å². The SMILES string of the molecule is CC(=O)N1CCC2(C1)CN(c1ncc(Cl)s1)c1ccc(OCCCC(=O)N3CCC3)cc12. The zero-order valence-corrected chi connectivity index (χ0v) is 19.8. The average molecular weight is 475 g/mol. The van der Waals surface area contributed by atoms with Crippen LogP contribution in [0.2, 0.25) is 4.34 Å². The van der Waals surface area contributed by atoms with Crippen LogP contribution in [-0.4, -0.2) is 65.9 Å². The van der Waals surface area contributed by atoms with Crippen molar-refractivity contribution in [2.24, 2.45) is 0 Å². The first-order valence-corrected chi connectivity index (χ1v) is 12.3. The van der Waals surface area contributed by atoms with Crippen molar-refractivity contribution in [3.63, 3.8) is 0 Å². The first-order valence-electron chi connectivity index (χ1n) is 11.1. The highest BCUT2D eigenvalue weighted by molar-refractivity contribution is 7.19. The molecule has 3 aliphatic rings. The van der Waals surface area contributed by atoms with Crippen molar-refractivity contribution in [3.05, 3.63) is 34.3 Å². The maximum absolute atomic E-state index is 12.1. The molecule has 4 heterocycles. The number of halogens is 1. The first-order chi connectivity index (χ1) is 15.4. The number of amides is 2. The molecule has 9 heteroatoms. The van der Waals surface area contributed by atoms with Gasteiger partial charge in [0, 0.05) is 57.2 Å². The van der Waals surface area contributed by atoms with Gasteiger partial charge in [-0.1, -0.05) is 22.9 Å². The molecule has 7 nitrogen and oxygen atoms in total. The molecule has 2 aromatic rings. The molecule has 2 amide bonds. The van der Waals surface area contributed by atoms with Gasteiger partial charge in [0.25, 0.3) is 0 Å². The number of aromatic nitrogens is 1. The summed E-state index contributed by atoms with van der Waals surface area (Å²) < 4.78 is 6.69. The molecule has 0 aliphatic carbocycles. The molecule has 1 aromatic carbocycles. The lowest BCUT2D eigenvalue weighted by atomic mass is 9.81. The average Bonchev–Trinajstić information content (AvgIpc) is 3.43. The quantitative estimate of drug-likeness (QED) is 0.595. The van der Waals surface area contributed by atoms with E-state index in [0.717, 1.165) is 55.6 Å². The number of likely N-dealkylation sites (tertiary alicyclic amines) is 2. The maximum Gasteiger partial charge on any atom is 0.222 e. The molecule has 32 heavy (non-hydrogen) atoms. The minimum absolute atomic E-state index is 0.110. The van der Waals surface area contributed by atoms with E-state index in [-0.39, 0.29) is 17.2 Å². The van der Waals surface area contributed by atoms with Crippen LogP contribution in [0, 0.1) is 0 Å². The monoisotopic (exact) mass is 474 g/mol. The van der Waals surface area contributed by atoms with E-state index in [4.69, 9.17) is 16.3 Å². The summed E-state index contributed by atoms with van der Waals surface area (Å²) in [5, 5.41) is 0.868. The Morgan fingerprint density at radius 2 is 2.06 bits per heavy atom. The number of carbonyl (C=O) groups excluding carboxylic acids is 2. The van der Waals surface area contributed by atoms with Gasteiger partial charge < -0.3 is 19.4 Å². The standard InChI is InChI=1S/C23H27ClN4O3S/c1-16(29)27-10-7-23(14-27)15-28(22-25-13-20(24)32-22)19-6-5-17(12-18(19)23)31-11-2-4-21(30)26-8-3-9-26/h5-6,12-13H,2-4,7-11,14-15H2,1H3. The van der Waals surface area contributed by atoms with Gasteiger partial charge in [0.15, 0.2) is 5.13 Å². The molecule has 1 atom stereocenters. The van der Waals surface area contributed by atoms with E-state index in [2.05, 4.69) is 22.0 Å². The van der Waals surface area contributed by atoms with Gasteiger partial charge in [-0.15, -0.1) is 0 Å². The van der Waals surface area contributed by atoms with Gasteiger partial charge in [-0.3, -0.25) is 9.59 Å². The highest BCUT2D eigenvalue weighted by Crippen LogP contribution is 2.51. The number of hydrogen-bond acceptors (Lipinski definition) is 6. The summed E-state index contributed by atoms with van der Waals surface area (Å²) in [7, 11) is 0. The second-order valence-electron chi connectivity index (χ2n) is 8.87. The van der Waals surface area contributed by atoms with Crippen LogP contribution in [0.1, 0.15) is 38.2 Å². The molecule has 0 radical (unpaired) electrons. The lowest BCUT2D eigenvalue weighted by Gasteiger charge is -2.30. The number of anilines is 2. The van der Waals surface area contributed by atoms with E-state index in [1.54, 1.807) is 13.1 Å². The molecule has 1 aromatic heterocycles. The van der Waals surface area contributed by atoms with Crippen molar-refractivity contribution < 1.29 is 14.3 Å². The van der Waals surface area contributed by atoms with Crippen molar-refractivity contribution in [2.45, 2.75) is 38.0 Å². The molecular formula is C23H27ClN4O3S. The van der Waals surface area contributed by atoms with Crippen molar-refractivity contribution in [2.75, 3.05) is 44.2 Å². The Bertz CT molecular complexity index is 1040. The number of fused-ring (bicyclic) bond motifs is 2. The fraction of sp³-hybridized carbons (Fsp3) is 0.522. The zero-order chi connectivity index (χ0) is 22.3. The summed E-state index contributed by atoms with van der Waals surface area (Å²) in [4.78, 5) is 34.6. The molecule has 0 saturated carbocycles. The summed E-state index contributed by atoms with van der Waals surface area (Å²) in [5.41, 5.74) is 2.15. The minimum Gasteiger partial charge on any atom is -0.494 e. The van der Waals surface area contributed by atoms with Crippen LogP contribution in [0.4, 0.5) is 10.8 Å². The van der Waals surface area contributed by atoms with Crippen molar-refractivity contribution in [3.8, 4) is 5.75 Å². The van der Waals surface area contributed by atoms with Crippen LogP contribution in [0.5, 0.6) is 5.75 Å². The van der Waals surface area contributed by atoms with Crippen molar-refractivity contribution >= 4 is 45.6 Å². The lowest BCUT2D eigenvalue weighted by Crippen LogP contribution is -2.42. The minimum atomic E-state index is -0.147. The smallest absolute Gasteiger partial charge is 0.222 e. The topological polar surface area (TPSA) is 66.0 Å². The van der Waals surface area contributed by atoms with E-state index in [1.165, 1.54) is 16.9 Å². The number of ether oxygens (including phenoxy) is 1. The summed E-state index contributed by atoms with van der Waals surface area (Å²) in [5.74, 6) is 1.14. The molecule has 0 bridgehead atoms. The molecule has 1 spiro atoms. The highest BCUT2D eigenvalue weighted by atomic mass is 35.5. The second kappa shape index (κ2) is 8.56. The second-order valence-corrected chi connectivity index (χ2v) is 10.5. The van der Waals surface area contributed by atoms with E-state index in [1.807, 2.05) is 15.9 Å². The summed E-state index contributed by atoms with van der Waals surface area (Å²) in [6.07, 6.45) is 4.94. The van der Waals surface area contributed by atoms with Gasteiger partial charge in [-0.25, -0.2) is 4.98 Å². The Morgan fingerprint density at radius 1 is 1.22 bits per heavy atom. The Kier molecular flexibility index (Phi) is 5.75. The predicted octanol–water partition coefficient (Wildman–Crippen LogP) is 3.83. The van der Waals surface area contributed by atoms with Crippen LogP contribution in [0.15, 0.2) is 24.4 Å². The van der Waals surface area contributed by atoms with E-state index < -0.39 is 0 Å². The summed E-state index contributed by atoms with van der Waals surface area (Å²) in [6.45, 7) is 6.15. The van der Waals surface area contributed by atoms with Crippen LogP contribution < -0.4 is 9.64 Å². The third-order valence-electron chi connectivity index (χ3n) is 6.80. The molecule has 1 unspecified atom stereocenters. The third kappa shape index (κ3) is 3.94. The number of nitrogens with zero attached hydrogens (tertiary/aromatic N) is 4. The Hall–Kier alpha value is -2.32. The Labute approximate surface area is 196 Å². The number of hydrogen-bond donors (Lipinski definition) is 0. The molecule has 2 saturated heterocycles. The van der Waals surface area contributed by atoms with E-state index >= 15 is 0 Å². The van der Waals surface area contributed by atoms with Gasteiger partial charge in [0.05, 0.1) is 12.8 Å². The molecular weight excluding hydrogens is 448 g/mol. The van der Waals surface area contributed by atoms with Crippen molar-refractivity contribution in [1.82, 2.24) is 14.8 Å². The van der Waals surface area contributed by atoms with E-state index in [9.17, 15) is 9.59 Å². The maximum atomic E-state index is 12.1. The highest BCUT2D eigenvalue weighted by Gasteiger charge is 2.49. The van der Waals surface area contributed by atoms with Gasteiger partial charge in [-0.2, -0.15) is 0 Å². The summed E-state index contributed by atoms with van der Waals surface area (Å²) >= 11 is 7.63. The zero-order valence-electron chi connectivity index (χ0n) is 18.2. The first kappa shape index (κ1) is 21.5. The number of thiazole rings is 1. The molecule has 2 fully saturated rings. The van der Waals surface area contributed by atoms with Gasteiger partial charge >= 0.3 is 0 Å². The van der Waals surface area contributed by atoms with Crippen LogP contribution in [0.3, 0.4) is 0 Å². The number of benzene rings is 1. The largest absolute Gasteiger partial charge is 0.494 e. The Morgan fingerprint density at radius 3 is 2.72 bits per heavy atom. The van der Waals surface area contributed by atoms with Crippen LogP contribution in [0.25, 0.3) is 0 Å². The summed E-state index contributed by atoms with van der Waals surface area (Å²) in [6, 6.07) is 6.18. The van der Waals surface area contributed by atoms with E-state index in [0.29, 0.717) is 30.3 Å². The van der Waals surface area contributed by atoms with Gasteiger partial charge in [-0.05, 0) is 43.0 Å². The molecule has 5 rings (SSSR count). The lowest BCUT2D eigenvalue weighted by molar-refractivity contribution is -0.134. The van der Waals surface area contributed by atoms with Crippen molar-refractivity contribution in [1.29, 1.82) is 0 Å². The fourth-order valence-electron chi connectivity index (χ4n) is 4.91. The molecule has 170 valence electrons. The third-order valence-corrected chi connectivity index (χ3v) is 7.94. The predicted molar refractivity (Wildman–Crippen MR) is 125 cm³/mol. The Balaban J connectivity index is 1.33. The normalized spacial score (nSPS) is 21.8. The van der Waals surface area contributed by atoms with Gasteiger partial charge in [0.1, 0.15) is 10.1 Å². The number of rotatable bonds is 6. The number of carbonyl (C=O) groups is 2. The fourth-order valence-corrected chi connectivity index (χ4v) is 5.82. The van der Waals surface area contributed by atoms with Crippen LogP contribution >= 0.6 is 22.9 Å². The molecule has 3 aliphatic heterocycles. The van der Waals surface area contributed by atoms with Gasteiger partial charge in [0.2, 0.25) is 11.8 Å².